The molecular weight excluding hydrogens is 286 g/mol. The van der Waals surface area contributed by atoms with Crippen molar-refractivity contribution < 1.29 is 28.3 Å². The van der Waals surface area contributed by atoms with E-state index in [0.29, 0.717) is 0 Å². The topological polar surface area (TPSA) is 95.5 Å². The average molecular weight is 298 g/mol. The van der Waals surface area contributed by atoms with Crippen LogP contribution < -0.4 is 10.6 Å². The van der Waals surface area contributed by atoms with Crippen LogP contribution in [0.2, 0.25) is 0 Å². The summed E-state index contributed by atoms with van der Waals surface area (Å²) in [5.74, 6) is -7.42. The monoisotopic (exact) mass is 298 g/mol. The molecule has 21 heavy (non-hydrogen) atoms. The molecule has 112 valence electrons. The van der Waals surface area contributed by atoms with Gasteiger partial charge in [-0.05, 0) is 12.1 Å². The molecule has 1 aliphatic rings. The summed E-state index contributed by atoms with van der Waals surface area (Å²) in [5, 5.41) is 13.5. The Hall–Kier alpha value is -2.51. The number of carboxylic acids is 1. The number of carbonyl (C=O) groups excluding carboxylic acids is 2. The van der Waals surface area contributed by atoms with Gasteiger partial charge in [0.2, 0.25) is 11.8 Å². The predicted molar refractivity (Wildman–Crippen MR) is 67.5 cm³/mol. The van der Waals surface area contributed by atoms with Crippen molar-refractivity contribution in [1.29, 1.82) is 0 Å². The fourth-order valence-corrected chi connectivity index (χ4v) is 2.39. The number of hydrogen-bond donors (Lipinski definition) is 3. The number of benzene rings is 1. The first kappa shape index (κ1) is 14.9. The first-order chi connectivity index (χ1) is 9.81. The number of rotatable bonds is 3. The Morgan fingerprint density at radius 1 is 1.33 bits per heavy atom. The summed E-state index contributed by atoms with van der Waals surface area (Å²) in [6.07, 6.45) is 0. The van der Waals surface area contributed by atoms with Crippen molar-refractivity contribution in [3.63, 3.8) is 0 Å². The second kappa shape index (κ2) is 5.47. The molecule has 8 heteroatoms. The van der Waals surface area contributed by atoms with E-state index in [1.54, 1.807) is 0 Å². The molecule has 0 saturated carbocycles. The number of halogens is 2. The Morgan fingerprint density at radius 2 is 1.90 bits per heavy atom. The second-order valence-corrected chi connectivity index (χ2v) is 4.70. The number of nitrogens with one attached hydrogen (secondary N) is 2. The summed E-state index contributed by atoms with van der Waals surface area (Å²) in [5.41, 5.74) is -0.555. The van der Waals surface area contributed by atoms with Gasteiger partial charge in [-0.15, -0.1) is 0 Å². The summed E-state index contributed by atoms with van der Waals surface area (Å²) in [6.45, 7) is 1.02. The van der Waals surface area contributed by atoms with Crippen LogP contribution in [0, 0.1) is 17.6 Å². The fraction of sp³-hybridized carbons (Fsp3) is 0.308. The van der Waals surface area contributed by atoms with Gasteiger partial charge in [-0.1, -0.05) is 0 Å². The fourth-order valence-electron chi connectivity index (χ4n) is 2.39. The molecule has 6 nitrogen and oxygen atoms in total. The quantitative estimate of drug-likeness (QED) is 0.720. The number of carbonyl (C=O) groups is 3. The Labute approximate surface area is 118 Å². The Kier molecular flexibility index (Phi) is 3.88. The minimum atomic E-state index is -1.54. The molecule has 1 fully saturated rings. The largest absolute Gasteiger partial charge is 0.481 e. The molecule has 0 unspecified atom stereocenters. The molecule has 1 aromatic carbocycles. The van der Waals surface area contributed by atoms with Crippen LogP contribution in [0.25, 0.3) is 0 Å². The van der Waals surface area contributed by atoms with Crippen molar-refractivity contribution in [2.24, 2.45) is 5.92 Å². The van der Waals surface area contributed by atoms with Crippen molar-refractivity contribution >= 4 is 23.5 Å². The van der Waals surface area contributed by atoms with Gasteiger partial charge in [0, 0.05) is 30.6 Å². The SMILES string of the molecule is CC(=O)Nc1cc(F)c([C@@H]2CNC(=O)[C@H]2C(=O)O)c(F)c1. The minimum absolute atomic E-state index is 0.0783. The van der Waals surface area contributed by atoms with Crippen molar-refractivity contribution in [3.05, 3.63) is 29.3 Å². The highest BCUT2D eigenvalue weighted by atomic mass is 19.1. The molecule has 2 rings (SSSR count). The minimum Gasteiger partial charge on any atom is -0.481 e. The molecule has 0 bridgehead atoms. The smallest absolute Gasteiger partial charge is 0.316 e. The highest BCUT2D eigenvalue weighted by Gasteiger charge is 2.43. The first-order valence-electron chi connectivity index (χ1n) is 6.08. The lowest BCUT2D eigenvalue weighted by atomic mass is 9.87. The van der Waals surface area contributed by atoms with Crippen LogP contribution in [0.1, 0.15) is 18.4 Å². The molecular formula is C13H12F2N2O4. The molecule has 1 saturated heterocycles. The van der Waals surface area contributed by atoms with Crippen molar-refractivity contribution in [1.82, 2.24) is 5.32 Å². The molecule has 0 radical (unpaired) electrons. The molecule has 1 aromatic rings. The number of carboxylic acid groups (broad SMARTS) is 1. The highest BCUT2D eigenvalue weighted by Crippen LogP contribution is 2.34. The van der Waals surface area contributed by atoms with Gasteiger partial charge >= 0.3 is 5.97 Å². The molecule has 3 N–H and O–H groups in total. The lowest BCUT2D eigenvalue weighted by Gasteiger charge is -2.16. The summed E-state index contributed by atoms with van der Waals surface area (Å²) < 4.78 is 28.1. The zero-order valence-electron chi connectivity index (χ0n) is 10.9. The van der Waals surface area contributed by atoms with Gasteiger partial charge in [0.15, 0.2) is 0 Å². The van der Waals surface area contributed by atoms with Gasteiger partial charge in [0.25, 0.3) is 0 Å². The maximum Gasteiger partial charge on any atom is 0.316 e. The molecule has 2 amide bonds. The molecule has 0 spiro atoms. The Bertz CT molecular complexity index is 610. The van der Waals surface area contributed by atoms with E-state index in [0.717, 1.165) is 12.1 Å². The maximum absolute atomic E-state index is 14.1. The van der Waals surface area contributed by atoms with Crippen molar-refractivity contribution in [2.75, 3.05) is 11.9 Å². The third kappa shape index (κ3) is 2.83. The van der Waals surface area contributed by atoms with Gasteiger partial charge in [0.1, 0.15) is 17.6 Å². The highest BCUT2D eigenvalue weighted by molar-refractivity contribution is 6.00. The van der Waals surface area contributed by atoms with Gasteiger partial charge < -0.3 is 15.7 Å². The second-order valence-electron chi connectivity index (χ2n) is 4.70. The third-order valence-electron chi connectivity index (χ3n) is 3.22. The number of aliphatic carboxylic acids is 1. The molecule has 1 heterocycles. The van der Waals surface area contributed by atoms with Crippen LogP contribution in [0.5, 0.6) is 0 Å². The van der Waals surface area contributed by atoms with E-state index < -0.39 is 46.8 Å². The third-order valence-corrected chi connectivity index (χ3v) is 3.22. The average Bonchev–Trinajstić information content (AvgIpc) is 2.69. The molecule has 0 aliphatic carbocycles. The lowest BCUT2D eigenvalue weighted by Crippen LogP contribution is -2.27. The lowest BCUT2D eigenvalue weighted by molar-refractivity contribution is -0.145. The zero-order chi connectivity index (χ0) is 15.7. The number of amides is 2. The van der Waals surface area contributed by atoms with E-state index in [4.69, 9.17) is 5.11 Å². The van der Waals surface area contributed by atoms with E-state index in [2.05, 4.69) is 10.6 Å². The summed E-state index contributed by atoms with van der Waals surface area (Å²) in [4.78, 5) is 33.4. The van der Waals surface area contributed by atoms with E-state index >= 15 is 0 Å². The number of anilines is 1. The predicted octanol–water partition coefficient (Wildman–Crippen LogP) is 0.837. The van der Waals surface area contributed by atoms with Crippen LogP contribution in [0.15, 0.2) is 12.1 Å². The van der Waals surface area contributed by atoms with Crippen molar-refractivity contribution in [2.45, 2.75) is 12.8 Å². The summed E-state index contributed by atoms with van der Waals surface area (Å²) in [6, 6.07) is 1.78. The Balaban J connectivity index is 2.42. The number of hydrogen-bond acceptors (Lipinski definition) is 3. The zero-order valence-corrected chi connectivity index (χ0v) is 10.9. The van der Waals surface area contributed by atoms with E-state index in [1.165, 1.54) is 6.92 Å². The van der Waals surface area contributed by atoms with E-state index in [9.17, 15) is 23.2 Å². The Morgan fingerprint density at radius 3 is 2.38 bits per heavy atom. The van der Waals surface area contributed by atoms with Crippen molar-refractivity contribution in [3.8, 4) is 0 Å². The summed E-state index contributed by atoms with van der Waals surface area (Å²) >= 11 is 0. The maximum atomic E-state index is 14.1. The summed E-state index contributed by atoms with van der Waals surface area (Å²) in [7, 11) is 0. The van der Waals surface area contributed by atoms with Gasteiger partial charge in [-0.25, -0.2) is 8.78 Å². The van der Waals surface area contributed by atoms with Crippen LogP contribution in [-0.4, -0.2) is 29.4 Å². The first-order valence-corrected chi connectivity index (χ1v) is 6.08. The van der Waals surface area contributed by atoms with Gasteiger partial charge in [-0.2, -0.15) is 0 Å². The van der Waals surface area contributed by atoms with Crippen LogP contribution in [0.3, 0.4) is 0 Å². The van der Waals surface area contributed by atoms with Crippen LogP contribution in [0.4, 0.5) is 14.5 Å². The standard InChI is InChI=1S/C13H12F2N2O4/c1-5(18)17-6-2-8(14)10(9(15)3-6)7-4-16-12(19)11(7)13(20)21/h2-3,7,11H,4H2,1H3,(H,16,19)(H,17,18)(H,20,21)/t7-,11-/m0/s1. The van der Waals surface area contributed by atoms with Crippen LogP contribution >= 0.6 is 0 Å². The van der Waals surface area contributed by atoms with E-state index in [-0.39, 0.29) is 12.2 Å². The molecule has 0 aromatic heterocycles. The molecule has 2 atom stereocenters. The molecule has 1 aliphatic heterocycles. The van der Waals surface area contributed by atoms with Gasteiger partial charge in [0.05, 0.1) is 0 Å². The van der Waals surface area contributed by atoms with Crippen LogP contribution in [-0.2, 0) is 14.4 Å². The normalized spacial score (nSPS) is 21.0. The van der Waals surface area contributed by atoms with Gasteiger partial charge in [-0.3, -0.25) is 14.4 Å². The van der Waals surface area contributed by atoms with E-state index in [1.807, 2.05) is 0 Å².